The summed E-state index contributed by atoms with van der Waals surface area (Å²) in [6.07, 6.45) is 0. The maximum Gasteiger partial charge on any atom is 0.356 e. The highest BCUT2D eigenvalue weighted by atomic mass is 15.2. The molecule has 28 heavy (non-hydrogen) atoms. The van der Waals surface area contributed by atoms with Crippen molar-refractivity contribution in [3.05, 3.63) is 59.7 Å². The van der Waals surface area contributed by atoms with Crippen molar-refractivity contribution in [2.45, 2.75) is 53.1 Å². The molecule has 0 aliphatic heterocycles. The molecule has 0 atom stereocenters. The lowest BCUT2D eigenvalue weighted by Crippen LogP contribution is -2.37. The van der Waals surface area contributed by atoms with Crippen molar-refractivity contribution in [2.75, 3.05) is 25.4 Å². The summed E-state index contributed by atoms with van der Waals surface area (Å²) in [5.74, 6) is 0.827. The second-order valence-electron chi connectivity index (χ2n) is 8.56. The zero-order valence-electron chi connectivity index (χ0n) is 18.1. The molecule has 2 aromatic carbocycles. The molecule has 4 heteroatoms. The first-order chi connectivity index (χ1) is 13.3. The number of nitrogens with two attached hydrogens (primary N) is 1. The largest absolute Gasteiger partial charge is 0.356 e. The van der Waals surface area contributed by atoms with E-state index in [0.29, 0.717) is 0 Å². The highest BCUT2D eigenvalue weighted by Crippen LogP contribution is 2.23. The van der Waals surface area contributed by atoms with E-state index in [-0.39, 0.29) is 5.41 Å². The van der Waals surface area contributed by atoms with Crippen molar-refractivity contribution < 1.29 is 4.57 Å². The van der Waals surface area contributed by atoms with Crippen molar-refractivity contribution in [2.24, 2.45) is 0 Å². The second kappa shape index (κ2) is 8.36. The Bertz CT molecular complexity index is 912. The lowest BCUT2D eigenvalue weighted by molar-refractivity contribution is -0.648. The Hall–Kier alpha value is -2.33. The highest BCUT2D eigenvalue weighted by molar-refractivity contribution is 5.73. The van der Waals surface area contributed by atoms with Crippen LogP contribution in [-0.4, -0.2) is 29.1 Å². The summed E-state index contributed by atoms with van der Waals surface area (Å²) in [4.78, 5) is 2.43. The van der Waals surface area contributed by atoms with Crippen LogP contribution in [0.1, 0.15) is 45.7 Å². The van der Waals surface area contributed by atoms with Crippen LogP contribution < -0.4 is 10.3 Å². The lowest BCUT2D eigenvalue weighted by atomic mass is 9.87. The van der Waals surface area contributed by atoms with Gasteiger partial charge in [0.05, 0.1) is 13.1 Å². The molecule has 4 nitrogen and oxygen atoms in total. The number of imidazole rings is 1. The van der Waals surface area contributed by atoms with Crippen LogP contribution in [0.3, 0.4) is 0 Å². The molecule has 0 amide bonds. The van der Waals surface area contributed by atoms with Crippen LogP contribution in [0.4, 0.5) is 5.95 Å². The molecule has 0 radical (unpaired) electrons. The zero-order valence-corrected chi connectivity index (χ0v) is 18.1. The average Bonchev–Trinajstić information content (AvgIpc) is 2.94. The molecule has 3 aromatic rings. The standard InChI is InChI=1S/C24H34N4/c1-6-26(7-2)16-17-27-21-10-8-9-11-22(21)28(23(27)25)18-19-12-14-20(15-13-19)24(3,4)5/h8-15,25H,6-7,16-18H2,1-5H3/p+1. The molecule has 0 aliphatic carbocycles. The van der Waals surface area contributed by atoms with Gasteiger partial charge in [0.15, 0.2) is 0 Å². The molecule has 0 fully saturated rings. The SMILES string of the molecule is CCN(CC)CCn1c(N)[n+](Cc2ccc(C(C)(C)C)cc2)c2ccccc21. The number of hydrogen-bond acceptors (Lipinski definition) is 2. The molecule has 0 bridgehead atoms. The average molecular weight is 380 g/mol. The van der Waals surface area contributed by atoms with E-state index in [2.05, 4.69) is 97.2 Å². The van der Waals surface area contributed by atoms with Crippen molar-refractivity contribution in [3.8, 4) is 0 Å². The van der Waals surface area contributed by atoms with E-state index in [1.165, 1.54) is 22.2 Å². The van der Waals surface area contributed by atoms with E-state index in [1.807, 2.05) is 0 Å². The molecule has 0 saturated heterocycles. The van der Waals surface area contributed by atoms with Crippen LogP contribution in [0.2, 0.25) is 0 Å². The van der Waals surface area contributed by atoms with Crippen molar-refractivity contribution in [1.82, 2.24) is 9.47 Å². The number of hydrogen-bond donors (Lipinski definition) is 1. The van der Waals surface area contributed by atoms with Gasteiger partial charge in [-0.2, -0.15) is 0 Å². The summed E-state index contributed by atoms with van der Waals surface area (Å²) in [5.41, 5.74) is 11.8. The van der Waals surface area contributed by atoms with E-state index in [0.717, 1.165) is 38.7 Å². The Morgan fingerprint density at radius 2 is 1.61 bits per heavy atom. The van der Waals surface area contributed by atoms with E-state index >= 15 is 0 Å². The van der Waals surface area contributed by atoms with Gasteiger partial charge in [0.25, 0.3) is 0 Å². The Morgan fingerprint density at radius 1 is 0.964 bits per heavy atom. The fraction of sp³-hybridized carbons (Fsp3) is 0.458. The molecule has 3 rings (SSSR count). The maximum absolute atomic E-state index is 6.64. The molecule has 0 saturated carbocycles. The van der Waals surface area contributed by atoms with Crippen LogP contribution in [0, 0.1) is 0 Å². The highest BCUT2D eigenvalue weighted by Gasteiger charge is 2.21. The van der Waals surface area contributed by atoms with Crippen LogP contribution in [-0.2, 0) is 18.5 Å². The number of aromatic nitrogens is 2. The van der Waals surface area contributed by atoms with Crippen molar-refractivity contribution >= 4 is 17.0 Å². The zero-order chi connectivity index (χ0) is 20.3. The van der Waals surface area contributed by atoms with E-state index < -0.39 is 0 Å². The fourth-order valence-electron chi connectivity index (χ4n) is 3.79. The summed E-state index contributed by atoms with van der Waals surface area (Å²) in [6.45, 7) is 16.0. The molecule has 1 heterocycles. The topological polar surface area (TPSA) is 38.1 Å². The minimum absolute atomic E-state index is 0.172. The number of para-hydroxylation sites is 2. The minimum atomic E-state index is 0.172. The molecule has 0 spiro atoms. The van der Waals surface area contributed by atoms with E-state index in [9.17, 15) is 0 Å². The van der Waals surface area contributed by atoms with Crippen LogP contribution in [0.25, 0.3) is 11.0 Å². The van der Waals surface area contributed by atoms with Gasteiger partial charge >= 0.3 is 5.95 Å². The van der Waals surface area contributed by atoms with Crippen LogP contribution in [0.5, 0.6) is 0 Å². The predicted molar refractivity (Wildman–Crippen MR) is 119 cm³/mol. The molecular weight excluding hydrogens is 344 g/mol. The van der Waals surface area contributed by atoms with Crippen LogP contribution >= 0.6 is 0 Å². The van der Waals surface area contributed by atoms with Gasteiger partial charge < -0.3 is 4.90 Å². The number of likely N-dealkylation sites (N-methyl/N-ethyl adjacent to an activating group) is 1. The van der Waals surface area contributed by atoms with Gasteiger partial charge in [0, 0.05) is 6.54 Å². The Kier molecular flexibility index (Phi) is 6.09. The minimum Gasteiger partial charge on any atom is -0.301 e. The third-order valence-corrected chi connectivity index (χ3v) is 5.71. The summed E-state index contributed by atoms with van der Waals surface area (Å²) in [6, 6.07) is 17.5. The first-order valence-electron chi connectivity index (χ1n) is 10.4. The quantitative estimate of drug-likeness (QED) is 0.625. The van der Waals surface area contributed by atoms with E-state index in [1.54, 1.807) is 0 Å². The third kappa shape index (κ3) is 4.22. The van der Waals surface area contributed by atoms with E-state index in [4.69, 9.17) is 5.73 Å². The van der Waals surface area contributed by atoms with Gasteiger partial charge in [-0.3, -0.25) is 5.73 Å². The van der Waals surface area contributed by atoms with Gasteiger partial charge in [0.1, 0.15) is 11.0 Å². The molecule has 2 N–H and O–H groups in total. The van der Waals surface area contributed by atoms with Crippen LogP contribution in [0.15, 0.2) is 48.5 Å². The number of nitrogen functional groups attached to an aromatic ring is 1. The predicted octanol–water partition coefficient (Wildman–Crippen LogP) is 4.20. The first kappa shape index (κ1) is 20.4. The molecule has 1 aromatic heterocycles. The van der Waals surface area contributed by atoms with Gasteiger partial charge in [-0.25, -0.2) is 9.13 Å². The molecule has 0 aliphatic rings. The summed E-state index contributed by atoms with van der Waals surface area (Å²) < 4.78 is 4.50. The van der Waals surface area contributed by atoms with Gasteiger partial charge in [-0.05, 0) is 41.8 Å². The van der Waals surface area contributed by atoms with Gasteiger partial charge in [-0.1, -0.05) is 71.0 Å². The third-order valence-electron chi connectivity index (χ3n) is 5.71. The summed E-state index contributed by atoms with van der Waals surface area (Å²) in [5, 5.41) is 0. The fourth-order valence-corrected chi connectivity index (χ4v) is 3.79. The Balaban J connectivity index is 1.92. The lowest BCUT2D eigenvalue weighted by Gasteiger charge is -2.19. The van der Waals surface area contributed by atoms with Gasteiger partial charge in [-0.15, -0.1) is 0 Å². The smallest absolute Gasteiger partial charge is 0.301 e. The number of nitrogens with zero attached hydrogens (tertiary/aromatic N) is 3. The summed E-state index contributed by atoms with van der Waals surface area (Å²) in [7, 11) is 0. The summed E-state index contributed by atoms with van der Waals surface area (Å²) >= 11 is 0. The number of fused-ring (bicyclic) bond motifs is 1. The molecule has 150 valence electrons. The van der Waals surface area contributed by atoms with Crippen molar-refractivity contribution in [1.29, 1.82) is 0 Å². The Morgan fingerprint density at radius 3 is 2.21 bits per heavy atom. The number of rotatable bonds is 7. The number of anilines is 1. The normalized spacial score (nSPS) is 12.2. The monoisotopic (exact) mass is 379 g/mol. The maximum atomic E-state index is 6.64. The van der Waals surface area contributed by atoms with Crippen molar-refractivity contribution in [3.63, 3.8) is 0 Å². The van der Waals surface area contributed by atoms with Gasteiger partial charge in [0.2, 0.25) is 0 Å². The molecular formula is C24H35N4+. The molecule has 0 unspecified atom stereocenters. The second-order valence-corrected chi connectivity index (χ2v) is 8.56. The Labute approximate surface area is 169 Å². The number of benzene rings is 2. The first-order valence-corrected chi connectivity index (χ1v) is 10.4.